The van der Waals surface area contributed by atoms with E-state index in [1.54, 1.807) is 0 Å². The summed E-state index contributed by atoms with van der Waals surface area (Å²) >= 11 is 0. The molecule has 2 nitrogen and oxygen atoms in total. The third-order valence-corrected chi connectivity index (χ3v) is 5.15. The van der Waals surface area contributed by atoms with Gasteiger partial charge in [0.15, 0.2) is 0 Å². The Morgan fingerprint density at radius 3 is 1.26 bits per heavy atom. The average molecular weight is 385 g/mol. The lowest BCUT2D eigenvalue weighted by Crippen LogP contribution is -2.19. The molecule has 0 bridgehead atoms. The molecule has 0 saturated heterocycles. The molecule has 0 saturated carbocycles. The molecule has 0 fully saturated rings. The Morgan fingerprint density at radius 1 is 0.481 bits per heavy atom. The second-order valence-corrected chi connectivity index (χ2v) is 9.84. The summed E-state index contributed by atoms with van der Waals surface area (Å²) in [4.78, 5) is 0. The summed E-state index contributed by atoms with van der Waals surface area (Å²) in [5.41, 5.74) is 0. The van der Waals surface area contributed by atoms with Gasteiger partial charge in [-0.05, 0) is 37.0 Å². The van der Waals surface area contributed by atoms with E-state index in [2.05, 4.69) is 41.5 Å². The first-order chi connectivity index (χ1) is 12.9. The van der Waals surface area contributed by atoms with E-state index in [4.69, 9.17) is 9.47 Å². The first-order valence-corrected chi connectivity index (χ1v) is 12.1. The molecule has 0 N–H and O–H groups in total. The molecule has 0 aliphatic heterocycles. The Bertz CT molecular complexity index is 262. The molecule has 0 heterocycles. The van der Waals surface area contributed by atoms with Gasteiger partial charge in [0.05, 0.1) is 13.2 Å². The zero-order valence-corrected chi connectivity index (χ0v) is 19.7. The van der Waals surface area contributed by atoms with Crippen LogP contribution in [-0.4, -0.2) is 26.4 Å². The van der Waals surface area contributed by atoms with Crippen LogP contribution in [0.2, 0.25) is 0 Å². The van der Waals surface area contributed by atoms with Crippen molar-refractivity contribution in [2.45, 2.75) is 112 Å². The molecule has 0 spiro atoms. The molecule has 0 rings (SSSR count). The fourth-order valence-electron chi connectivity index (χ4n) is 3.57. The molecule has 164 valence electrons. The van der Waals surface area contributed by atoms with Crippen molar-refractivity contribution in [3.05, 3.63) is 0 Å². The quantitative estimate of drug-likeness (QED) is 0.199. The maximum absolute atomic E-state index is 5.98. The van der Waals surface area contributed by atoms with Gasteiger partial charge in [-0.15, -0.1) is 0 Å². The number of rotatable bonds is 20. The van der Waals surface area contributed by atoms with Crippen LogP contribution in [0.5, 0.6) is 0 Å². The van der Waals surface area contributed by atoms with Crippen molar-refractivity contribution in [1.29, 1.82) is 0 Å². The first-order valence-electron chi connectivity index (χ1n) is 12.1. The summed E-state index contributed by atoms with van der Waals surface area (Å²) < 4.78 is 12.0. The smallest absolute Gasteiger partial charge is 0.0516 e. The third-order valence-electron chi connectivity index (χ3n) is 5.15. The van der Waals surface area contributed by atoms with Crippen molar-refractivity contribution in [3.8, 4) is 0 Å². The summed E-state index contributed by atoms with van der Waals surface area (Å²) in [6, 6.07) is 0. The van der Waals surface area contributed by atoms with E-state index in [0.717, 1.165) is 38.3 Å². The number of hydrogen-bond acceptors (Lipinski definition) is 2. The lowest BCUT2D eigenvalue weighted by Gasteiger charge is -2.19. The molecule has 0 unspecified atom stereocenters. The first kappa shape index (κ1) is 26.9. The molecular formula is C25H52O2. The number of unbranched alkanes of at least 4 members (excludes halogenated alkanes) is 6. The zero-order valence-electron chi connectivity index (χ0n) is 19.7. The average Bonchev–Trinajstić information content (AvgIpc) is 2.58. The van der Waals surface area contributed by atoms with Crippen LogP contribution in [0.3, 0.4) is 0 Å². The minimum absolute atomic E-state index is 0.562. The van der Waals surface area contributed by atoms with Gasteiger partial charge in [0.25, 0.3) is 0 Å². The molecular weight excluding hydrogens is 332 g/mol. The SMILES string of the molecule is CC(C)CCCCCCOCC(COCCCCCCC(C)C)CC(C)C. The lowest BCUT2D eigenvalue weighted by atomic mass is 9.98. The fourth-order valence-corrected chi connectivity index (χ4v) is 3.57. The molecule has 0 aromatic carbocycles. The maximum Gasteiger partial charge on any atom is 0.0516 e. The minimum atomic E-state index is 0.562. The van der Waals surface area contributed by atoms with Crippen molar-refractivity contribution in [3.63, 3.8) is 0 Å². The minimum Gasteiger partial charge on any atom is -0.381 e. The zero-order chi connectivity index (χ0) is 20.3. The summed E-state index contributed by atoms with van der Waals surface area (Å²) in [5, 5.41) is 0. The van der Waals surface area contributed by atoms with E-state index >= 15 is 0 Å². The highest BCUT2D eigenvalue weighted by molar-refractivity contribution is 4.61. The van der Waals surface area contributed by atoms with E-state index in [9.17, 15) is 0 Å². The van der Waals surface area contributed by atoms with Crippen LogP contribution in [0.4, 0.5) is 0 Å². The van der Waals surface area contributed by atoms with Gasteiger partial charge >= 0.3 is 0 Å². The largest absolute Gasteiger partial charge is 0.381 e. The van der Waals surface area contributed by atoms with Crippen molar-refractivity contribution >= 4 is 0 Å². The lowest BCUT2D eigenvalue weighted by molar-refractivity contribution is 0.0291. The Balaban J connectivity index is 3.62. The molecule has 2 heteroatoms. The van der Waals surface area contributed by atoms with Crippen molar-refractivity contribution in [2.24, 2.45) is 23.7 Å². The monoisotopic (exact) mass is 384 g/mol. The Labute approximate surface area is 172 Å². The Morgan fingerprint density at radius 2 is 0.889 bits per heavy atom. The summed E-state index contributed by atoms with van der Waals surface area (Å²) in [6.07, 6.45) is 14.5. The van der Waals surface area contributed by atoms with Crippen LogP contribution in [0.1, 0.15) is 112 Å². The maximum atomic E-state index is 5.98. The van der Waals surface area contributed by atoms with Crippen LogP contribution >= 0.6 is 0 Å². The van der Waals surface area contributed by atoms with Crippen LogP contribution in [0, 0.1) is 23.7 Å². The molecule has 0 aromatic heterocycles. The topological polar surface area (TPSA) is 18.5 Å². The van der Waals surface area contributed by atoms with Crippen molar-refractivity contribution < 1.29 is 9.47 Å². The van der Waals surface area contributed by atoms with Gasteiger partial charge in [-0.3, -0.25) is 0 Å². The van der Waals surface area contributed by atoms with Gasteiger partial charge in [-0.2, -0.15) is 0 Å². The molecule has 27 heavy (non-hydrogen) atoms. The molecule has 0 amide bonds. The Hall–Kier alpha value is -0.0800. The second kappa shape index (κ2) is 19.2. The molecule has 0 aromatic rings. The van der Waals surface area contributed by atoms with E-state index in [0.29, 0.717) is 11.8 Å². The predicted molar refractivity (Wildman–Crippen MR) is 120 cm³/mol. The summed E-state index contributed by atoms with van der Waals surface area (Å²) in [6.45, 7) is 17.4. The Kier molecular flexibility index (Phi) is 19.2. The van der Waals surface area contributed by atoms with Gasteiger partial charge < -0.3 is 9.47 Å². The van der Waals surface area contributed by atoms with Crippen LogP contribution < -0.4 is 0 Å². The molecule has 0 aliphatic carbocycles. The van der Waals surface area contributed by atoms with Crippen LogP contribution in [0.25, 0.3) is 0 Å². The summed E-state index contributed by atoms with van der Waals surface area (Å²) in [5.74, 6) is 2.97. The summed E-state index contributed by atoms with van der Waals surface area (Å²) in [7, 11) is 0. The number of hydrogen-bond donors (Lipinski definition) is 0. The van der Waals surface area contributed by atoms with E-state index < -0.39 is 0 Å². The highest BCUT2D eigenvalue weighted by Gasteiger charge is 2.11. The van der Waals surface area contributed by atoms with Crippen LogP contribution in [-0.2, 0) is 9.47 Å². The van der Waals surface area contributed by atoms with Crippen molar-refractivity contribution in [1.82, 2.24) is 0 Å². The highest BCUT2D eigenvalue weighted by Crippen LogP contribution is 2.15. The third kappa shape index (κ3) is 22.1. The fraction of sp³-hybridized carbons (Fsp3) is 1.00. The van der Waals surface area contributed by atoms with E-state index in [1.165, 1.54) is 70.6 Å². The predicted octanol–water partition coefficient (Wildman–Crippen LogP) is 7.89. The molecule has 0 radical (unpaired) electrons. The standard InChI is InChI=1S/C25H52O2/c1-22(2)15-11-7-9-13-17-26-20-25(19-24(5)6)21-27-18-14-10-8-12-16-23(3)4/h22-25H,7-21H2,1-6H3. The van der Waals surface area contributed by atoms with E-state index in [-0.39, 0.29) is 0 Å². The molecule has 0 atom stereocenters. The normalized spacial score (nSPS) is 12.2. The number of ether oxygens (including phenoxy) is 2. The van der Waals surface area contributed by atoms with Gasteiger partial charge in [0.2, 0.25) is 0 Å². The van der Waals surface area contributed by atoms with Gasteiger partial charge in [0.1, 0.15) is 0 Å². The van der Waals surface area contributed by atoms with Gasteiger partial charge in [-0.1, -0.05) is 92.9 Å². The van der Waals surface area contributed by atoms with E-state index in [1.807, 2.05) is 0 Å². The molecule has 0 aliphatic rings. The van der Waals surface area contributed by atoms with Crippen LogP contribution in [0.15, 0.2) is 0 Å². The van der Waals surface area contributed by atoms with Gasteiger partial charge in [0, 0.05) is 19.1 Å². The second-order valence-electron chi connectivity index (χ2n) is 9.84. The van der Waals surface area contributed by atoms with Crippen molar-refractivity contribution in [2.75, 3.05) is 26.4 Å². The highest BCUT2D eigenvalue weighted by atomic mass is 16.5. The van der Waals surface area contributed by atoms with Gasteiger partial charge in [-0.25, -0.2) is 0 Å².